The number of amides is 2. The number of ether oxygens (including phenoxy) is 1. The van der Waals surface area contributed by atoms with E-state index in [0.29, 0.717) is 5.69 Å². The van der Waals surface area contributed by atoms with Gasteiger partial charge in [0.1, 0.15) is 11.2 Å². The van der Waals surface area contributed by atoms with Crippen LogP contribution in [-0.2, 0) is 9.53 Å². The van der Waals surface area contributed by atoms with Crippen molar-refractivity contribution in [2.24, 2.45) is 5.41 Å². The van der Waals surface area contributed by atoms with Gasteiger partial charge in [-0.2, -0.15) is 0 Å². The SMILES string of the molecule is CN(C(=O)NC1COCC1(C)C(=O)O)c1cccc(F)c1. The summed E-state index contributed by atoms with van der Waals surface area (Å²) in [5.74, 6) is -1.48. The summed E-state index contributed by atoms with van der Waals surface area (Å²) in [6, 6.07) is 4.43. The number of urea groups is 1. The average Bonchev–Trinajstić information content (AvgIpc) is 2.80. The van der Waals surface area contributed by atoms with E-state index in [9.17, 15) is 19.1 Å². The molecule has 2 N–H and O–H groups in total. The second-order valence-electron chi connectivity index (χ2n) is 5.28. The lowest BCUT2D eigenvalue weighted by atomic mass is 9.85. The summed E-state index contributed by atoms with van der Waals surface area (Å²) in [5.41, 5.74) is -0.790. The van der Waals surface area contributed by atoms with Crippen LogP contribution in [0.4, 0.5) is 14.9 Å². The first-order valence-corrected chi connectivity index (χ1v) is 6.45. The number of aliphatic carboxylic acids is 1. The number of nitrogens with one attached hydrogen (secondary N) is 1. The van der Waals surface area contributed by atoms with Gasteiger partial charge in [0.25, 0.3) is 0 Å². The molecule has 1 saturated heterocycles. The predicted molar refractivity (Wildman–Crippen MR) is 73.7 cm³/mol. The van der Waals surface area contributed by atoms with E-state index in [4.69, 9.17) is 4.74 Å². The summed E-state index contributed by atoms with van der Waals surface area (Å²) in [4.78, 5) is 24.7. The number of carbonyl (C=O) groups is 2. The molecule has 1 aromatic rings. The Morgan fingerprint density at radius 2 is 2.24 bits per heavy atom. The molecule has 114 valence electrons. The van der Waals surface area contributed by atoms with E-state index in [1.807, 2.05) is 0 Å². The number of anilines is 1. The van der Waals surface area contributed by atoms with Gasteiger partial charge in [-0.1, -0.05) is 6.07 Å². The normalized spacial score (nSPS) is 24.6. The van der Waals surface area contributed by atoms with E-state index in [1.165, 1.54) is 37.1 Å². The third-order valence-corrected chi connectivity index (χ3v) is 3.74. The lowest BCUT2D eigenvalue weighted by Crippen LogP contribution is -2.52. The van der Waals surface area contributed by atoms with Gasteiger partial charge in [-0.3, -0.25) is 9.69 Å². The number of halogens is 1. The van der Waals surface area contributed by atoms with E-state index in [1.54, 1.807) is 6.07 Å². The standard InChI is InChI=1S/C14H17FN2O4/c1-14(12(18)19)8-21-7-11(14)16-13(20)17(2)10-5-3-4-9(15)6-10/h3-6,11H,7-8H2,1-2H3,(H,16,20)(H,18,19). The van der Waals surface area contributed by atoms with E-state index in [0.717, 1.165) is 0 Å². The first kappa shape index (κ1) is 15.2. The van der Waals surface area contributed by atoms with Gasteiger partial charge in [0, 0.05) is 12.7 Å². The number of carbonyl (C=O) groups excluding carboxylic acids is 1. The molecule has 21 heavy (non-hydrogen) atoms. The summed E-state index contributed by atoms with van der Waals surface area (Å²) in [6.45, 7) is 1.69. The van der Waals surface area contributed by atoms with E-state index in [-0.39, 0.29) is 13.2 Å². The van der Waals surface area contributed by atoms with Crippen LogP contribution in [0.25, 0.3) is 0 Å². The van der Waals surface area contributed by atoms with E-state index in [2.05, 4.69) is 5.32 Å². The van der Waals surface area contributed by atoms with Gasteiger partial charge in [0.15, 0.2) is 0 Å². The number of nitrogens with zero attached hydrogens (tertiary/aromatic N) is 1. The summed E-state index contributed by atoms with van der Waals surface area (Å²) >= 11 is 0. The third kappa shape index (κ3) is 2.97. The van der Waals surface area contributed by atoms with Crippen LogP contribution < -0.4 is 10.2 Å². The minimum atomic E-state index is -1.17. The molecule has 0 aliphatic carbocycles. The highest BCUT2D eigenvalue weighted by atomic mass is 19.1. The van der Waals surface area contributed by atoms with Crippen molar-refractivity contribution in [1.29, 1.82) is 0 Å². The largest absolute Gasteiger partial charge is 0.481 e. The van der Waals surface area contributed by atoms with Crippen LogP contribution in [0.2, 0.25) is 0 Å². The van der Waals surface area contributed by atoms with Gasteiger partial charge in [0.2, 0.25) is 0 Å². The zero-order chi connectivity index (χ0) is 15.6. The molecule has 1 aromatic carbocycles. The van der Waals surface area contributed by atoms with Gasteiger partial charge >= 0.3 is 12.0 Å². The van der Waals surface area contributed by atoms with Crippen molar-refractivity contribution in [2.75, 3.05) is 25.2 Å². The second kappa shape index (κ2) is 5.69. The van der Waals surface area contributed by atoms with E-state index < -0.39 is 29.3 Å². The van der Waals surface area contributed by atoms with Crippen LogP contribution in [0.15, 0.2) is 24.3 Å². The molecule has 0 spiro atoms. The van der Waals surface area contributed by atoms with Gasteiger partial charge in [0.05, 0.1) is 19.3 Å². The average molecular weight is 296 g/mol. The van der Waals surface area contributed by atoms with Crippen LogP contribution in [0, 0.1) is 11.2 Å². The summed E-state index contributed by atoms with van der Waals surface area (Å²) in [6.07, 6.45) is 0. The monoisotopic (exact) mass is 296 g/mol. The molecule has 2 amide bonds. The number of benzene rings is 1. The molecule has 1 aliphatic rings. The quantitative estimate of drug-likeness (QED) is 0.885. The van der Waals surface area contributed by atoms with Crippen LogP contribution in [0.3, 0.4) is 0 Å². The minimum absolute atomic E-state index is 0.0387. The topological polar surface area (TPSA) is 78.9 Å². The van der Waals surface area contributed by atoms with Gasteiger partial charge in [-0.05, 0) is 25.1 Å². The fourth-order valence-corrected chi connectivity index (χ4v) is 2.13. The smallest absolute Gasteiger partial charge is 0.321 e. The molecular weight excluding hydrogens is 279 g/mol. The highest BCUT2D eigenvalue weighted by Crippen LogP contribution is 2.29. The maximum atomic E-state index is 13.2. The van der Waals surface area contributed by atoms with Crippen molar-refractivity contribution in [3.8, 4) is 0 Å². The molecule has 2 unspecified atom stereocenters. The zero-order valence-electron chi connectivity index (χ0n) is 11.8. The van der Waals surface area contributed by atoms with Crippen molar-refractivity contribution in [1.82, 2.24) is 5.32 Å². The Morgan fingerprint density at radius 1 is 1.52 bits per heavy atom. The number of rotatable bonds is 3. The van der Waals surface area contributed by atoms with Gasteiger partial charge < -0.3 is 15.2 Å². The molecule has 2 rings (SSSR count). The Morgan fingerprint density at radius 3 is 2.86 bits per heavy atom. The summed E-state index contributed by atoms with van der Waals surface area (Å²) in [7, 11) is 1.48. The molecule has 0 saturated carbocycles. The van der Waals surface area contributed by atoms with Crippen molar-refractivity contribution in [2.45, 2.75) is 13.0 Å². The van der Waals surface area contributed by atoms with Crippen LogP contribution in [0.1, 0.15) is 6.92 Å². The van der Waals surface area contributed by atoms with E-state index >= 15 is 0 Å². The number of hydrogen-bond donors (Lipinski definition) is 2. The van der Waals surface area contributed by atoms with Gasteiger partial charge in [-0.15, -0.1) is 0 Å². The molecule has 0 aromatic heterocycles. The third-order valence-electron chi connectivity index (χ3n) is 3.74. The molecular formula is C14H17FN2O4. The van der Waals surface area contributed by atoms with Crippen molar-refractivity contribution in [3.05, 3.63) is 30.1 Å². The highest BCUT2D eigenvalue weighted by molar-refractivity contribution is 5.92. The Kier molecular flexibility index (Phi) is 4.13. The first-order chi connectivity index (χ1) is 9.84. The van der Waals surface area contributed by atoms with Crippen molar-refractivity contribution < 1.29 is 23.8 Å². The maximum Gasteiger partial charge on any atom is 0.321 e. The predicted octanol–water partition coefficient (Wildman–Crippen LogP) is 1.46. The first-order valence-electron chi connectivity index (χ1n) is 6.45. The highest BCUT2D eigenvalue weighted by Gasteiger charge is 2.47. The fourth-order valence-electron chi connectivity index (χ4n) is 2.13. The Balaban J connectivity index is 2.09. The van der Waals surface area contributed by atoms with Crippen molar-refractivity contribution >= 4 is 17.7 Å². The molecule has 1 fully saturated rings. The molecule has 0 bridgehead atoms. The Labute approximate surface area is 121 Å². The lowest BCUT2D eigenvalue weighted by Gasteiger charge is -2.28. The fraction of sp³-hybridized carbons (Fsp3) is 0.429. The molecule has 6 nitrogen and oxygen atoms in total. The zero-order valence-corrected chi connectivity index (χ0v) is 11.8. The molecule has 1 aliphatic heterocycles. The van der Waals surface area contributed by atoms with Crippen LogP contribution in [-0.4, -0.2) is 43.4 Å². The molecule has 7 heteroatoms. The van der Waals surface area contributed by atoms with Crippen LogP contribution >= 0.6 is 0 Å². The van der Waals surface area contributed by atoms with Crippen LogP contribution in [0.5, 0.6) is 0 Å². The second-order valence-corrected chi connectivity index (χ2v) is 5.28. The number of carboxylic acids is 1. The van der Waals surface area contributed by atoms with Crippen molar-refractivity contribution in [3.63, 3.8) is 0 Å². The Hall–Kier alpha value is -2.15. The number of carboxylic acid groups (broad SMARTS) is 1. The lowest BCUT2D eigenvalue weighted by molar-refractivity contribution is -0.148. The molecule has 1 heterocycles. The summed E-state index contributed by atoms with van der Waals surface area (Å²) in [5, 5.41) is 11.9. The number of hydrogen-bond acceptors (Lipinski definition) is 3. The maximum absolute atomic E-state index is 13.2. The molecule has 2 atom stereocenters. The Bertz CT molecular complexity index is 566. The van der Waals surface area contributed by atoms with Gasteiger partial charge in [-0.25, -0.2) is 9.18 Å². The summed E-state index contributed by atoms with van der Waals surface area (Å²) < 4.78 is 18.3. The molecule has 0 radical (unpaired) electrons. The minimum Gasteiger partial charge on any atom is -0.481 e.